The number of rotatable bonds is 5. The van der Waals surface area contributed by atoms with E-state index in [4.69, 9.17) is 0 Å². The topological polar surface area (TPSA) is 67.8 Å². The molecule has 1 aromatic carbocycles. The Morgan fingerprint density at radius 1 is 1.03 bits per heavy atom. The summed E-state index contributed by atoms with van der Waals surface area (Å²) in [6.07, 6.45) is 4.72. The van der Waals surface area contributed by atoms with E-state index in [2.05, 4.69) is 20.3 Å². The molecular weight excluding hydrogens is 429 g/mol. The molecule has 1 N–H and O–H groups in total. The fourth-order valence-electron chi connectivity index (χ4n) is 4.07. The van der Waals surface area contributed by atoms with Crippen LogP contribution in [-0.2, 0) is 0 Å². The van der Waals surface area contributed by atoms with Crippen molar-refractivity contribution in [1.29, 1.82) is 0 Å². The lowest BCUT2D eigenvalue weighted by Crippen LogP contribution is -2.25. The predicted octanol–water partition coefficient (Wildman–Crippen LogP) is 6.35. The van der Waals surface area contributed by atoms with E-state index in [1.165, 1.54) is 24.5 Å². The van der Waals surface area contributed by atoms with E-state index in [-0.39, 0.29) is 30.2 Å². The van der Waals surface area contributed by atoms with Gasteiger partial charge in [0.15, 0.2) is 0 Å². The van der Waals surface area contributed by atoms with Crippen molar-refractivity contribution >= 4 is 11.6 Å². The molecule has 3 aromatic rings. The predicted molar refractivity (Wildman–Crippen MR) is 120 cm³/mol. The standard InChI is InChI=1S/C25H25F3N4O/c1-15(2)23-30-13-18(14-31-23)24(33)32-22-20(16-7-10-25(27,28)11-8-16)9-12-29-21(22)17-3-5-19(26)6-4-17/h3-6,9,12-16H,7-8,10-11H2,1-2H3,(H,32,33). The minimum absolute atomic E-state index is 0.126. The fraction of sp³-hybridized carbons (Fsp3) is 0.360. The second-order valence-corrected chi connectivity index (χ2v) is 8.70. The van der Waals surface area contributed by atoms with Gasteiger partial charge in [-0.05, 0) is 54.7 Å². The third-order valence-electron chi connectivity index (χ3n) is 5.95. The van der Waals surface area contributed by atoms with Crippen LogP contribution in [0.3, 0.4) is 0 Å². The average molecular weight is 454 g/mol. The second-order valence-electron chi connectivity index (χ2n) is 8.70. The van der Waals surface area contributed by atoms with Crippen molar-refractivity contribution in [3.63, 3.8) is 0 Å². The number of carbonyl (C=O) groups excluding carboxylic acids is 1. The van der Waals surface area contributed by atoms with Gasteiger partial charge >= 0.3 is 0 Å². The van der Waals surface area contributed by atoms with Gasteiger partial charge < -0.3 is 5.32 Å². The van der Waals surface area contributed by atoms with Crippen molar-refractivity contribution in [2.45, 2.75) is 57.3 Å². The van der Waals surface area contributed by atoms with Gasteiger partial charge in [-0.3, -0.25) is 9.78 Å². The highest BCUT2D eigenvalue weighted by Crippen LogP contribution is 2.44. The molecule has 0 bridgehead atoms. The van der Waals surface area contributed by atoms with Crippen molar-refractivity contribution in [3.05, 3.63) is 71.7 Å². The monoisotopic (exact) mass is 454 g/mol. The van der Waals surface area contributed by atoms with E-state index in [1.54, 1.807) is 24.4 Å². The number of amides is 1. The number of benzene rings is 1. The Morgan fingerprint density at radius 3 is 2.27 bits per heavy atom. The molecule has 0 radical (unpaired) electrons. The number of halogens is 3. The first-order valence-corrected chi connectivity index (χ1v) is 11.0. The zero-order valence-corrected chi connectivity index (χ0v) is 18.5. The maximum atomic E-state index is 13.8. The number of aromatic nitrogens is 3. The Labute approximate surface area is 190 Å². The summed E-state index contributed by atoms with van der Waals surface area (Å²) in [5, 5.41) is 2.91. The molecule has 33 heavy (non-hydrogen) atoms. The highest BCUT2D eigenvalue weighted by Gasteiger charge is 2.36. The molecule has 5 nitrogen and oxygen atoms in total. The molecule has 4 rings (SSSR count). The lowest BCUT2D eigenvalue weighted by molar-refractivity contribution is -0.0381. The highest BCUT2D eigenvalue weighted by atomic mass is 19.3. The molecule has 172 valence electrons. The number of pyridine rings is 1. The number of nitrogens with zero attached hydrogens (tertiary/aromatic N) is 3. The molecule has 1 aliphatic carbocycles. The van der Waals surface area contributed by atoms with Crippen LogP contribution in [0.1, 0.15) is 73.1 Å². The van der Waals surface area contributed by atoms with Crippen LogP contribution < -0.4 is 5.32 Å². The molecule has 0 unspecified atom stereocenters. The van der Waals surface area contributed by atoms with Gasteiger partial charge in [0.2, 0.25) is 5.92 Å². The van der Waals surface area contributed by atoms with Crippen LogP contribution in [0.25, 0.3) is 11.3 Å². The van der Waals surface area contributed by atoms with Crippen LogP contribution in [-0.4, -0.2) is 26.8 Å². The first-order chi connectivity index (χ1) is 15.7. The summed E-state index contributed by atoms with van der Waals surface area (Å²) in [6.45, 7) is 3.92. The van der Waals surface area contributed by atoms with E-state index in [0.29, 0.717) is 35.6 Å². The highest BCUT2D eigenvalue weighted by molar-refractivity contribution is 6.06. The summed E-state index contributed by atoms with van der Waals surface area (Å²) in [5.74, 6) is -2.88. The molecule has 2 heterocycles. The first kappa shape index (κ1) is 22.9. The lowest BCUT2D eigenvalue weighted by atomic mass is 9.81. The number of hydrogen-bond donors (Lipinski definition) is 1. The Bertz CT molecular complexity index is 1120. The molecule has 0 spiro atoms. The quantitative estimate of drug-likeness (QED) is 0.488. The molecule has 0 aliphatic heterocycles. The van der Waals surface area contributed by atoms with Crippen molar-refractivity contribution in [3.8, 4) is 11.3 Å². The summed E-state index contributed by atoms with van der Waals surface area (Å²) in [5.41, 5.74) is 2.53. The smallest absolute Gasteiger partial charge is 0.258 e. The van der Waals surface area contributed by atoms with Gasteiger partial charge in [-0.1, -0.05) is 13.8 Å². The molecule has 2 aromatic heterocycles. The van der Waals surface area contributed by atoms with E-state index in [0.717, 1.165) is 5.56 Å². The first-order valence-electron chi connectivity index (χ1n) is 11.0. The Hall–Kier alpha value is -3.29. The molecule has 0 saturated heterocycles. The van der Waals surface area contributed by atoms with Gasteiger partial charge in [-0.25, -0.2) is 23.1 Å². The Balaban J connectivity index is 1.71. The summed E-state index contributed by atoms with van der Waals surface area (Å²) in [4.78, 5) is 26.0. The largest absolute Gasteiger partial charge is 0.320 e. The van der Waals surface area contributed by atoms with Crippen LogP contribution in [0.2, 0.25) is 0 Å². The summed E-state index contributed by atoms with van der Waals surface area (Å²) in [7, 11) is 0. The van der Waals surface area contributed by atoms with Crippen molar-refractivity contribution < 1.29 is 18.0 Å². The number of anilines is 1. The molecule has 8 heteroatoms. The van der Waals surface area contributed by atoms with Crippen LogP contribution in [0.4, 0.5) is 18.9 Å². The van der Waals surface area contributed by atoms with E-state index in [1.807, 2.05) is 13.8 Å². The SMILES string of the molecule is CC(C)c1ncc(C(=O)Nc2c(C3CCC(F)(F)CC3)ccnc2-c2ccc(F)cc2)cn1. The van der Waals surface area contributed by atoms with E-state index < -0.39 is 17.6 Å². The Morgan fingerprint density at radius 2 is 1.67 bits per heavy atom. The normalized spacial score (nSPS) is 16.1. The average Bonchev–Trinajstić information content (AvgIpc) is 2.80. The molecule has 1 aliphatic rings. The fourth-order valence-corrected chi connectivity index (χ4v) is 4.07. The second kappa shape index (κ2) is 9.29. The van der Waals surface area contributed by atoms with Crippen LogP contribution in [0.15, 0.2) is 48.9 Å². The zero-order chi connectivity index (χ0) is 23.6. The van der Waals surface area contributed by atoms with Gasteiger partial charge in [-0.2, -0.15) is 0 Å². The third-order valence-corrected chi connectivity index (χ3v) is 5.95. The molecule has 1 fully saturated rings. The minimum atomic E-state index is -2.66. The maximum absolute atomic E-state index is 13.8. The van der Waals surface area contributed by atoms with Crippen molar-refractivity contribution in [2.75, 3.05) is 5.32 Å². The molecule has 1 amide bonds. The van der Waals surface area contributed by atoms with Crippen LogP contribution in [0, 0.1) is 5.82 Å². The van der Waals surface area contributed by atoms with Crippen molar-refractivity contribution in [2.24, 2.45) is 0 Å². The number of alkyl halides is 2. The van der Waals surface area contributed by atoms with Gasteiger partial charge in [-0.15, -0.1) is 0 Å². The van der Waals surface area contributed by atoms with Crippen LogP contribution >= 0.6 is 0 Å². The molecule has 1 saturated carbocycles. The van der Waals surface area contributed by atoms with Crippen LogP contribution in [0.5, 0.6) is 0 Å². The van der Waals surface area contributed by atoms with Crippen molar-refractivity contribution in [1.82, 2.24) is 15.0 Å². The van der Waals surface area contributed by atoms with Gasteiger partial charge in [0.05, 0.1) is 16.9 Å². The summed E-state index contributed by atoms with van der Waals surface area (Å²) >= 11 is 0. The van der Waals surface area contributed by atoms with E-state index in [9.17, 15) is 18.0 Å². The zero-order valence-electron chi connectivity index (χ0n) is 18.5. The number of carbonyl (C=O) groups is 1. The van der Waals surface area contributed by atoms with Gasteiger partial charge in [0.25, 0.3) is 5.91 Å². The third kappa shape index (κ3) is 5.21. The minimum Gasteiger partial charge on any atom is -0.320 e. The molecule has 0 atom stereocenters. The number of nitrogens with one attached hydrogen (secondary N) is 1. The molecular formula is C25H25F3N4O. The maximum Gasteiger partial charge on any atom is 0.258 e. The number of hydrogen-bond acceptors (Lipinski definition) is 4. The Kier molecular flexibility index (Phi) is 6.44. The van der Waals surface area contributed by atoms with Gasteiger partial charge in [0.1, 0.15) is 11.6 Å². The van der Waals surface area contributed by atoms with Gasteiger partial charge in [0, 0.05) is 42.9 Å². The summed E-state index contributed by atoms with van der Waals surface area (Å²) in [6, 6.07) is 7.54. The van der Waals surface area contributed by atoms with E-state index >= 15 is 0 Å². The lowest BCUT2D eigenvalue weighted by Gasteiger charge is -2.30. The summed E-state index contributed by atoms with van der Waals surface area (Å²) < 4.78 is 41.0.